The number of nitrogens with two attached hydrogens (primary N) is 1. The first-order valence-electron chi connectivity index (χ1n) is 10.6. The summed E-state index contributed by atoms with van der Waals surface area (Å²) in [5, 5.41) is 2.84. The molecule has 13 heteroatoms. The van der Waals surface area contributed by atoms with Crippen LogP contribution in [0.2, 0.25) is 0 Å². The molecule has 3 N–H and O–H groups in total. The summed E-state index contributed by atoms with van der Waals surface area (Å²) in [6.45, 7) is 0.651. The lowest BCUT2D eigenvalue weighted by Crippen LogP contribution is -2.58. The molecular formula is C22H24F5N7O. The van der Waals surface area contributed by atoms with Gasteiger partial charge in [-0.3, -0.25) is 9.79 Å². The molecule has 8 nitrogen and oxygen atoms in total. The predicted octanol–water partition coefficient (Wildman–Crippen LogP) is 3.25. The summed E-state index contributed by atoms with van der Waals surface area (Å²) in [7, 11) is 1.45. The van der Waals surface area contributed by atoms with Crippen molar-refractivity contribution in [1.82, 2.24) is 19.9 Å². The van der Waals surface area contributed by atoms with Crippen LogP contribution in [0.3, 0.4) is 0 Å². The Balaban J connectivity index is 1.88. The van der Waals surface area contributed by atoms with Crippen molar-refractivity contribution < 1.29 is 26.7 Å². The topological polar surface area (TPSA) is 109 Å². The number of hydrogen-bond acceptors (Lipinski definition) is 7. The summed E-state index contributed by atoms with van der Waals surface area (Å²) in [5.41, 5.74) is 4.91. The van der Waals surface area contributed by atoms with Crippen LogP contribution in [0.5, 0.6) is 0 Å². The van der Waals surface area contributed by atoms with Gasteiger partial charge in [-0.15, -0.1) is 0 Å². The second-order valence-electron chi connectivity index (χ2n) is 8.14. The molecule has 3 heterocycles. The van der Waals surface area contributed by atoms with E-state index in [4.69, 9.17) is 5.73 Å². The van der Waals surface area contributed by atoms with Crippen LogP contribution in [0.25, 0.3) is 5.57 Å². The highest BCUT2D eigenvalue weighted by Crippen LogP contribution is 2.35. The maximum absolute atomic E-state index is 14.5. The monoisotopic (exact) mass is 497 g/mol. The van der Waals surface area contributed by atoms with E-state index in [1.807, 2.05) is 0 Å². The van der Waals surface area contributed by atoms with Gasteiger partial charge < -0.3 is 16.0 Å². The van der Waals surface area contributed by atoms with Gasteiger partial charge >= 0.3 is 6.18 Å². The van der Waals surface area contributed by atoms with Gasteiger partial charge in [0.2, 0.25) is 0 Å². The highest BCUT2D eigenvalue weighted by molar-refractivity contribution is 6.17. The van der Waals surface area contributed by atoms with Gasteiger partial charge in [0.1, 0.15) is 11.5 Å². The van der Waals surface area contributed by atoms with Crippen molar-refractivity contribution in [3.63, 3.8) is 0 Å². The number of hydrogen-bond donors (Lipinski definition) is 2. The maximum atomic E-state index is 14.5. The first-order chi connectivity index (χ1) is 16.4. The maximum Gasteiger partial charge on any atom is 0.417 e. The van der Waals surface area contributed by atoms with Crippen molar-refractivity contribution in [3.8, 4) is 0 Å². The van der Waals surface area contributed by atoms with Crippen LogP contribution in [0.4, 0.5) is 27.8 Å². The molecule has 3 rings (SSSR count). The summed E-state index contributed by atoms with van der Waals surface area (Å²) in [6.07, 6.45) is -0.203. The minimum absolute atomic E-state index is 0.0341. The molecule has 1 fully saturated rings. The number of anilines is 1. The largest absolute Gasteiger partial charge is 0.417 e. The van der Waals surface area contributed by atoms with E-state index in [0.717, 1.165) is 17.0 Å². The summed E-state index contributed by atoms with van der Waals surface area (Å²) in [5.74, 6) is -4.46. The van der Waals surface area contributed by atoms with E-state index in [1.165, 1.54) is 25.7 Å². The Morgan fingerprint density at radius 2 is 1.97 bits per heavy atom. The molecule has 188 valence electrons. The van der Waals surface area contributed by atoms with Crippen molar-refractivity contribution in [3.05, 3.63) is 53.9 Å². The summed E-state index contributed by atoms with van der Waals surface area (Å²) in [6, 6.07) is 2.80. The van der Waals surface area contributed by atoms with E-state index in [2.05, 4.69) is 25.3 Å². The second kappa shape index (κ2) is 10.3. The molecule has 35 heavy (non-hydrogen) atoms. The Labute approximate surface area is 198 Å². The van der Waals surface area contributed by atoms with Crippen molar-refractivity contribution in [2.75, 3.05) is 25.5 Å². The number of aromatic nitrogens is 3. The van der Waals surface area contributed by atoms with E-state index >= 15 is 0 Å². The first kappa shape index (κ1) is 26.0. The van der Waals surface area contributed by atoms with E-state index in [0.29, 0.717) is 6.20 Å². The lowest BCUT2D eigenvalue weighted by Gasteiger charge is -2.43. The molecule has 0 radical (unpaired) electrons. The van der Waals surface area contributed by atoms with Gasteiger partial charge in [0.05, 0.1) is 23.7 Å². The molecule has 2 unspecified atom stereocenters. The van der Waals surface area contributed by atoms with Crippen LogP contribution < -0.4 is 11.1 Å². The fourth-order valence-electron chi connectivity index (χ4n) is 3.84. The van der Waals surface area contributed by atoms with Gasteiger partial charge in [-0.1, -0.05) is 6.92 Å². The number of amides is 1. The lowest BCUT2D eigenvalue weighted by atomic mass is 9.88. The summed E-state index contributed by atoms with van der Waals surface area (Å²) >= 11 is 0. The van der Waals surface area contributed by atoms with Crippen LogP contribution in [0.1, 0.15) is 24.7 Å². The van der Waals surface area contributed by atoms with Crippen molar-refractivity contribution in [2.45, 2.75) is 31.5 Å². The number of nitrogens with one attached hydrogen (secondary N) is 1. The molecule has 1 saturated heterocycles. The van der Waals surface area contributed by atoms with Crippen molar-refractivity contribution in [2.24, 2.45) is 16.6 Å². The summed E-state index contributed by atoms with van der Waals surface area (Å²) < 4.78 is 67.2. The standard InChI is InChI=1S/C22H24F5N7O/c1-13-8-21(23,24)12-34(16(13)11-33-17-5-4-14(9-32-17)22(25,26)27)20(35)18(28)15(10-29-2)19-30-6-3-7-31-19/h3-7,9-10,13,16H,8,11-12,28H2,1-2H3,(H,32,33). The average Bonchev–Trinajstić information content (AvgIpc) is 2.80. The molecule has 1 aliphatic rings. The number of nitrogens with zero attached hydrogens (tertiary/aromatic N) is 5. The molecule has 2 aromatic heterocycles. The Morgan fingerprint density at radius 1 is 1.29 bits per heavy atom. The summed E-state index contributed by atoms with van der Waals surface area (Å²) in [4.78, 5) is 30.0. The number of piperidine rings is 1. The second-order valence-corrected chi connectivity index (χ2v) is 8.14. The third-order valence-electron chi connectivity index (χ3n) is 5.51. The molecule has 1 amide bonds. The number of allylic oxidation sites excluding steroid dienone is 1. The molecule has 0 aromatic carbocycles. The highest BCUT2D eigenvalue weighted by atomic mass is 19.4. The Morgan fingerprint density at radius 3 is 2.54 bits per heavy atom. The van der Waals surface area contributed by atoms with Crippen LogP contribution in [0.15, 0.2) is 47.5 Å². The highest BCUT2D eigenvalue weighted by Gasteiger charge is 2.46. The van der Waals surface area contributed by atoms with E-state index in [1.54, 1.807) is 13.0 Å². The molecule has 0 aliphatic carbocycles. The number of pyridine rings is 1. The number of carbonyl (C=O) groups excluding carboxylic acids is 1. The molecular weight excluding hydrogens is 473 g/mol. The zero-order chi connectivity index (χ0) is 25.8. The third kappa shape index (κ3) is 6.28. The number of aliphatic imine (C=N–C) groups is 1. The van der Waals surface area contributed by atoms with Crippen LogP contribution >= 0.6 is 0 Å². The van der Waals surface area contributed by atoms with E-state index in [9.17, 15) is 26.7 Å². The van der Waals surface area contributed by atoms with Crippen LogP contribution in [-0.2, 0) is 11.0 Å². The van der Waals surface area contributed by atoms with Gasteiger partial charge in [0.25, 0.3) is 11.8 Å². The van der Waals surface area contributed by atoms with Gasteiger partial charge in [-0.05, 0) is 24.1 Å². The van der Waals surface area contributed by atoms with Gasteiger partial charge in [0.15, 0.2) is 5.82 Å². The quantitative estimate of drug-likeness (QED) is 0.360. The predicted molar refractivity (Wildman–Crippen MR) is 120 cm³/mol. The third-order valence-corrected chi connectivity index (χ3v) is 5.51. The van der Waals surface area contributed by atoms with E-state index < -0.39 is 48.5 Å². The molecule has 0 bridgehead atoms. The van der Waals surface area contributed by atoms with Crippen molar-refractivity contribution >= 4 is 23.5 Å². The van der Waals surface area contributed by atoms with Crippen LogP contribution in [-0.4, -0.2) is 64.1 Å². The Bertz CT molecular complexity index is 1090. The van der Waals surface area contributed by atoms with Crippen LogP contribution in [0, 0.1) is 5.92 Å². The fraction of sp³-hybridized carbons (Fsp3) is 0.409. The molecule has 0 spiro atoms. The minimum Gasteiger partial charge on any atom is -0.394 e. The fourth-order valence-corrected chi connectivity index (χ4v) is 3.84. The molecule has 2 aromatic rings. The Hall–Kier alpha value is -3.64. The van der Waals surface area contributed by atoms with E-state index in [-0.39, 0.29) is 29.5 Å². The Kier molecular flexibility index (Phi) is 7.66. The molecule has 0 saturated carbocycles. The lowest BCUT2D eigenvalue weighted by molar-refractivity contribution is -0.148. The number of carbonyl (C=O) groups is 1. The van der Waals surface area contributed by atoms with Crippen molar-refractivity contribution in [1.29, 1.82) is 0 Å². The number of halogens is 5. The zero-order valence-corrected chi connectivity index (χ0v) is 18.9. The van der Waals surface area contributed by atoms with Gasteiger partial charge in [-0.25, -0.2) is 23.7 Å². The zero-order valence-electron chi connectivity index (χ0n) is 18.9. The number of likely N-dealkylation sites (tertiary alicyclic amines) is 1. The molecule has 1 aliphatic heterocycles. The normalized spacial score (nSPS) is 21.1. The average molecular weight is 497 g/mol. The van der Waals surface area contributed by atoms with Gasteiger partial charge in [0, 0.05) is 44.8 Å². The minimum atomic E-state index is -4.54. The first-order valence-corrected chi connectivity index (χ1v) is 10.6. The van der Waals surface area contributed by atoms with Gasteiger partial charge in [-0.2, -0.15) is 13.2 Å². The molecule has 2 atom stereocenters. The SMILES string of the molecule is CN=CC(=C(N)C(=O)N1CC(F)(F)CC(C)C1CNc1ccc(C(F)(F)F)cn1)c1ncccn1. The number of rotatable bonds is 6. The number of alkyl halides is 5. The smallest absolute Gasteiger partial charge is 0.394 e.